The lowest BCUT2D eigenvalue weighted by atomic mass is 9.99. The number of hydrogen-bond donors (Lipinski definition) is 1. The first kappa shape index (κ1) is 13.2. The van der Waals surface area contributed by atoms with Crippen molar-refractivity contribution in [2.24, 2.45) is 0 Å². The van der Waals surface area contributed by atoms with Crippen LogP contribution in [-0.2, 0) is 14.3 Å². The summed E-state index contributed by atoms with van der Waals surface area (Å²) < 4.78 is 47.3. The van der Waals surface area contributed by atoms with Gasteiger partial charge in [-0.1, -0.05) is 0 Å². The summed E-state index contributed by atoms with van der Waals surface area (Å²) in [5.74, 6) is -0.675. The van der Waals surface area contributed by atoms with Gasteiger partial charge in [0.25, 0.3) is 0 Å². The van der Waals surface area contributed by atoms with Crippen LogP contribution in [0.15, 0.2) is 0 Å². The molecule has 1 heterocycles. The fourth-order valence-electron chi connectivity index (χ4n) is 1.66. The van der Waals surface area contributed by atoms with Gasteiger partial charge in [0.05, 0.1) is 6.61 Å². The van der Waals surface area contributed by atoms with Crippen LogP contribution in [-0.4, -0.2) is 44.0 Å². The monoisotopic (exact) mass is 241 g/mol. The van der Waals surface area contributed by atoms with E-state index in [9.17, 15) is 18.0 Å². The van der Waals surface area contributed by atoms with Gasteiger partial charge in [-0.15, -0.1) is 0 Å². The number of ether oxygens (including phenoxy) is 2. The topological polar surface area (TPSA) is 47.6 Å². The fourth-order valence-corrected chi connectivity index (χ4v) is 1.66. The summed E-state index contributed by atoms with van der Waals surface area (Å²) in [6.45, 7) is 1.31. The summed E-state index contributed by atoms with van der Waals surface area (Å²) >= 11 is 0. The number of hydrogen-bond acceptors (Lipinski definition) is 4. The van der Waals surface area contributed by atoms with Crippen LogP contribution < -0.4 is 5.32 Å². The van der Waals surface area contributed by atoms with E-state index < -0.39 is 36.8 Å². The number of alkyl halides is 3. The minimum absolute atomic E-state index is 0.142. The molecule has 2 atom stereocenters. The Morgan fingerprint density at radius 2 is 2.19 bits per heavy atom. The Morgan fingerprint density at radius 1 is 1.56 bits per heavy atom. The highest BCUT2D eigenvalue weighted by Crippen LogP contribution is 2.39. The molecule has 4 nitrogen and oxygen atoms in total. The predicted molar refractivity (Wildman–Crippen MR) is 48.8 cm³/mol. The average molecular weight is 241 g/mol. The SMILES string of the molecule is CCOC(=O)[C@@H]1C[C@@](OC)(C(F)(F)F)CN1. The van der Waals surface area contributed by atoms with Crippen molar-refractivity contribution >= 4 is 5.97 Å². The molecular weight excluding hydrogens is 227 g/mol. The number of rotatable bonds is 3. The predicted octanol–water partition coefficient (Wildman–Crippen LogP) is 0.859. The maximum atomic E-state index is 12.7. The second kappa shape index (κ2) is 4.58. The van der Waals surface area contributed by atoms with Crippen LogP contribution >= 0.6 is 0 Å². The molecule has 0 spiro atoms. The summed E-state index contributed by atoms with van der Waals surface area (Å²) in [6, 6.07) is -0.957. The third-order valence-electron chi connectivity index (χ3n) is 2.65. The van der Waals surface area contributed by atoms with Gasteiger partial charge in [-0.05, 0) is 6.92 Å². The van der Waals surface area contributed by atoms with E-state index in [-0.39, 0.29) is 6.61 Å². The smallest absolute Gasteiger partial charge is 0.418 e. The minimum atomic E-state index is -4.50. The Kier molecular flexibility index (Phi) is 3.80. The summed E-state index contributed by atoms with van der Waals surface area (Å²) in [6.07, 6.45) is -4.96. The molecule has 0 unspecified atom stereocenters. The Hall–Kier alpha value is -0.820. The van der Waals surface area contributed by atoms with E-state index in [1.165, 1.54) is 0 Å². The van der Waals surface area contributed by atoms with Gasteiger partial charge in [-0.2, -0.15) is 13.2 Å². The van der Waals surface area contributed by atoms with E-state index in [4.69, 9.17) is 0 Å². The van der Waals surface area contributed by atoms with Gasteiger partial charge in [-0.25, -0.2) is 0 Å². The molecule has 1 rings (SSSR count). The maximum Gasteiger partial charge on any atom is 0.418 e. The van der Waals surface area contributed by atoms with Gasteiger partial charge >= 0.3 is 12.1 Å². The Labute approximate surface area is 91.1 Å². The van der Waals surface area contributed by atoms with Crippen molar-refractivity contribution in [1.29, 1.82) is 0 Å². The van der Waals surface area contributed by atoms with Crippen molar-refractivity contribution in [3.63, 3.8) is 0 Å². The molecule has 0 amide bonds. The highest BCUT2D eigenvalue weighted by atomic mass is 19.4. The van der Waals surface area contributed by atoms with Crippen LogP contribution in [0.3, 0.4) is 0 Å². The third-order valence-corrected chi connectivity index (χ3v) is 2.65. The molecule has 0 radical (unpaired) electrons. The van der Waals surface area contributed by atoms with Crippen molar-refractivity contribution in [3.05, 3.63) is 0 Å². The Bertz CT molecular complexity index is 269. The van der Waals surface area contributed by atoms with Crippen molar-refractivity contribution in [1.82, 2.24) is 5.32 Å². The molecule has 1 fully saturated rings. The summed E-state index contributed by atoms with van der Waals surface area (Å²) in [7, 11) is 0.989. The molecule has 7 heteroatoms. The van der Waals surface area contributed by atoms with E-state index >= 15 is 0 Å². The van der Waals surface area contributed by atoms with Crippen LogP contribution in [0, 0.1) is 0 Å². The van der Waals surface area contributed by atoms with E-state index in [1.807, 2.05) is 0 Å². The van der Waals surface area contributed by atoms with Crippen LogP contribution in [0.4, 0.5) is 13.2 Å². The number of carbonyl (C=O) groups excluding carboxylic acids is 1. The number of halogens is 3. The molecule has 94 valence electrons. The molecule has 0 aliphatic carbocycles. The molecule has 0 aromatic heterocycles. The quantitative estimate of drug-likeness (QED) is 0.744. The molecule has 0 aromatic rings. The van der Waals surface area contributed by atoms with E-state index in [2.05, 4.69) is 14.8 Å². The van der Waals surface area contributed by atoms with E-state index in [0.717, 1.165) is 7.11 Å². The van der Waals surface area contributed by atoms with Gasteiger partial charge in [0, 0.05) is 20.1 Å². The summed E-state index contributed by atoms with van der Waals surface area (Å²) in [5.41, 5.74) is -2.29. The Balaban J connectivity index is 2.72. The van der Waals surface area contributed by atoms with Crippen molar-refractivity contribution < 1.29 is 27.4 Å². The van der Waals surface area contributed by atoms with E-state index in [1.54, 1.807) is 6.92 Å². The third kappa shape index (κ3) is 2.30. The van der Waals surface area contributed by atoms with Crippen LogP contribution in [0.25, 0.3) is 0 Å². The van der Waals surface area contributed by atoms with Crippen molar-refractivity contribution in [2.45, 2.75) is 31.2 Å². The van der Waals surface area contributed by atoms with Gasteiger partial charge < -0.3 is 14.8 Å². The number of methoxy groups -OCH3 is 1. The van der Waals surface area contributed by atoms with E-state index in [0.29, 0.717) is 0 Å². The van der Waals surface area contributed by atoms with Gasteiger partial charge in [-0.3, -0.25) is 4.79 Å². The minimum Gasteiger partial charge on any atom is -0.465 e. The van der Waals surface area contributed by atoms with Gasteiger partial charge in [0.1, 0.15) is 6.04 Å². The van der Waals surface area contributed by atoms with Gasteiger partial charge in [0.2, 0.25) is 0 Å². The number of esters is 1. The normalized spacial score (nSPS) is 30.4. The number of carbonyl (C=O) groups is 1. The second-order valence-corrected chi connectivity index (χ2v) is 3.59. The fraction of sp³-hybridized carbons (Fsp3) is 0.889. The number of nitrogens with one attached hydrogen (secondary N) is 1. The van der Waals surface area contributed by atoms with Crippen LogP contribution in [0.5, 0.6) is 0 Å². The second-order valence-electron chi connectivity index (χ2n) is 3.59. The van der Waals surface area contributed by atoms with Crippen molar-refractivity contribution in [3.8, 4) is 0 Å². The van der Waals surface area contributed by atoms with Crippen molar-refractivity contribution in [2.75, 3.05) is 20.3 Å². The highest BCUT2D eigenvalue weighted by molar-refractivity contribution is 5.76. The first-order valence-corrected chi connectivity index (χ1v) is 4.88. The maximum absolute atomic E-state index is 12.7. The van der Waals surface area contributed by atoms with Crippen LogP contribution in [0.2, 0.25) is 0 Å². The lowest BCUT2D eigenvalue weighted by Crippen LogP contribution is -2.48. The molecule has 16 heavy (non-hydrogen) atoms. The van der Waals surface area contributed by atoms with Gasteiger partial charge in [0.15, 0.2) is 5.60 Å². The molecule has 1 saturated heterocycles. The Morgan fingerprint density at radius 3 is 2.56 bits per heavy atom. The highest BCUT2D eigenvalue weighted by Gasteiger charge is 2.60. The lowest BCUT2D eigenvalue weighted by molar-refractivity contribution is -0.262. The molecule has 0 bridgehead atoms. The molecule has 0 saturated carbocycles. The van der Waals surface area contributed by atoms with Crippen LogP contribution in [0.1, 0.15) is 13.3 Å². The first-order chi connectivity index (χ1) is 7.36. The molecule has 1 aliphatic heterocycles. The molecule has 1 N–H and O–H groups in total. The standard InChI is InChI=1S/C9H14F3NO3/c1-3-16-7(14)6-4-8(15-2,5-13-6)9(10,11)12/h6,13H,3-5H2,1-2H3/t6-,8-/m0/s1. The molecule has 0 aromatic carbocycles. The zero-order valence-electron chi connectivity index (χ0n) is 9.06. The first-order valence-electron chi connectivity index (χ1n) is 4.88. The molecule has 1 aliphatic rings. The molecular formula is C9H14F3NO3. The largest absolute Gasteiger partial charge is 0.465 e. The summed E-state index contributed by atoms with van der Waals surface area (Å²) in [5, 5.41) is 2.47. The zero-order chi connectivity index (χ0) is 12.4. The zero-order valence-corrected chi connectivity index (χ0v) is 9.06. The lowest BCUT2D eigenvalue weighted by Gasteiger charge is -2.29. The average Bonchev–Trinajstić information content (AvgIpc) is 2.62. The summed E-state index contributed by atoms with van der Waals surface area (Å²) in [4.78, 5) is 11.3.